The summed E-state index contributed by atoms with van der Waals surface area (Å²) in [6.45, 7) is 0. The molecule has 2 saturated carbocycles. The summed E-state index contributed by atoms with van der Waals surface area (Å²) < 4.78 is 5.27. The summed E-state index contributed by atoms with van der Waals surface area (Å²) in [4.78, 5) is 15.3. The lowest BCUT2D eigenvalue weighted by atomic mass is 9.83. The van der Waals surface area contributed by atoms with Gasteiger partial charge in [-0.25, -0.2) is 0 Å². The molecule has 0 radical (unpaired) electrons. The van der Waals surface area contributed by atoms with E-state index in [1.54, 1.807) is 0 Å². The van der Waals surface area contributed by atoms with E-state index in [0.29, 0.717) is 24.5 Å². The standard InChI is InChI=1S/C11H14N2O2/c14-9-5-8(6-9)10-12-11(15-13-10)7-3-1-2-4-7/h7-8H,1-6H2. The Labute approximate surface area is 88.1 Å². The average molecular weight is 206 g/mol. The monoisotopic (exact) mass is 206 g/mol. The SMILES string of the molecule is O=C1CC(c2noc(C3CCCC3)n2)C1. The minimum atomic E-state index is 0.233. The van der Waals surface area contributed by atoms with Crippen molar-refractivity contribution in [2.75, 3.05) is 0 Å². The Morgan fingerprint density at radius 1 is 1.13 bits per heavy atom. The molecule has 0 aliphatic heterocycles. The van der Waals surface area contributed by atoms with Gasteiger partial charge in [0.05, 0.1) is 0 Å². The maximum atomic E-state index is 10.9. The Hall–Kier alpha value is -1.19. The molecule has 2 fully saturated rings. The van der Waals surface area contributed by atoms with Gasteiger partial charge in [-0.1, -0.05) is 18.0 Å². The summed E-state index contributed by atoms with van der Waals surface area (Å²) in [7, 11) is 0. The summed E-state index contributed by atoms with van der Waals surface area (Å²) in [5.41, 5.74) is 0. The first-order chi connectivity index (χ1) is 7.33. The maximum absolute atomic E-state index is 10.9. The van der Waals surface area contributed by atoms with Crippen LogP contribution in [0.25, 0.3) is 0 Å². The fraction of sp³-hybridized carbons (Fsp3) is 0.727. The zero-order valence-corrected chi connectivity index (χ0v) is 8.61. The van der Waals surface area contributed by atoms with E-state index in [9.17, 15) is 4.79 Å². The van der Waals surface area contributed by atoms with Crippen molar-refractivity contribution in [1.29, 1.82) is 0 Å². The van der Waals surface area contributed by atoms with Crippen molar-refractivity contribution in [3.8, 4) is 0 Å². The second-order valence-electron chi connectivity index (χ2n) is 4.62. The minimum Gasteiger partial charge on any atom is -0.339 e. The van der Waals surface area contributed by atoms with Crippen molar-refractivity contribution in [2.45, 2.75) is 50.4 Å². The second kappa shape index (κ2) is 3.43. The molecular formula is C11H14N2O2. The largest absolute Gasteiger partial charge is 0.339 e. The van der Waals surface area contributed by atoms with E-state index in [1.165, 1.54) is 25.7 Å². The van der Waals surface area contributed by atoms with Crippen LogP contribution in [0.15, 0.2) is 4.52 Å². The third-order valence-electron chi connectivity index (χ3n) is 3.48. The highest BCUT2D eigenvalue weighted by Crippen LogP contribution is 2.36. The van der Waals surface area contributed by atoms with Gasteiger partial charge in [-0.15, -0.1) is 0 Å². The Kier molecular flexibility index (Phi) is 2.08. The maximum Gasteiger partial charge on any atom is 0.229 e. The normalized spacial score (nSPS) is 23.3. The van der Waals surface area contributed by atoms with Crippen molar-refractivity contribution < 1.29 is 9.32 Å². The third kappa shape index (κ3) is 1.58. The van der Waals surface area contributed by atoms with E-state index >= 15 is 0 Å². The molecule has 0 aromatic carbocycles. The summed E-state index contributed by atoms with van der Waals surface area (Å²) in [5.74, 6) is 2.56. The molecule has 4 heteroatoms. The molecule has 0 saturated heterocycles. The summed E-state index contributed by atoms with van der Waals surface area (Å²) in [6.07, 6.45) is 6.08. The van der Waals surface area contributed by atoms with Crippen LogP contribution in [0.4, 0.5) is 0 Å². The Morgan fingerprint density at radius 3 is 2.53 bits per heavy atom. The summed E-state index contributed by atoms with van der Waals surface area (Å²) in [5, 5.41) is 3.98. The number of carbonyl (C=O) groups is 1. The summed E-state index contributed by atoms with van der Waals surface area (Å²) in [6, 6.07) is 0. The fourth-order valence-corrected chi connectivity index (χ4v) is 2.42. The zero-order valence-electron chi connectivity index (χ0n) is 8.61. The predicted molar refractivity (Wildman–Crippen MR) is 52.5 cm³/mol. The van der Waals surface area contributed by atoms with E-state index in [4.69, 9.17) is 4.52 Å². The van der Waals surface area contributed by atoms with Gasteiger partial charge >= 0.3 is 0 Å². The lowest BCUT2D eigenvalue weighted by molar-refractivity contribution is -0.124. The average Bonchev–Trinajstić information content (AvgIpc) is 2.83. The molecular weight excluding hydrogens is 192 g/mol. The zero-order chi connectivity index (χ0) is 10.3. The molecule has 2 aliphatic rings. The van der Waals surface area contributed by atoms with Crippen molar-refractivity contribution in [3.63, 3.8) is 0 Å². The number of rotatable bonds is 2. The molecule has 0 spiro atoms. The van der Waals surface area contributed by atoms with Gasteiger partial charge in [0.25, 0.3) is 0 Å². The van der Waals surface area contributed by atoms with E-state index in [2.05, 4.69) is 10.1 Å². The number of Topliss-reactive ketones (excluding diaryl/α,β-unsaturated/α-hetero) is 1. The molecule has 80 valence electrons. The number of carbonyl (C=O) groups excluding carboxylic acids is 1. The van der Waals surface area contributed by atoms with Gasteiger partial charge in [0.1, 0.15) is 5.78 Å². The molecule has 0 atom stereocenters. The molecule has 0 amide bonds. The van der Waals surface area contributed by atoms with Gasteiger partial charge in [-0.3, -0.25) is 4.79 Å². The molecule has 0 unspecified atom stereocenters. The Morgan fingerprint density at radius 2 is 1.87 bits per heavy atom. The molecule has 0 bridgehead atoms. The van der Waals surface area contributed by atoms with Crippen LogP contribution in [0.2, 0.25) is 0 Å². The van der Waals surface area contributed by atoms with E-state index in [1.807, 2.05) is 0 Å². The second-order valence-corrected chi connectivity index (χ2v) is 4.62. The van der Waals surface area contributed by atoms with Crippen LogP contribution >= 0.6 is 0 Å². The number of nitrogens with zero attached hydrogens (tertiary/aromatic N) is 2. The molecule has 1 aromatic heterocycles. The quantitative estimate of drug-likeness (QED) is 0.744. The number of hydrogen-bond donors (Lipinski definition) is 0. The topological polar surface area (TPSA) is 56.0 Å². The predicted octanol–water partition coefficient (Wildman–Crippen LogP) is 2.17. The van der Waals surface area contributed by atoms with E-state index in [-0.39, 0.29) is 5.92 Å². The lowest BCUT2D eigenvalue weighted by Gasteiger charge is -2.19. The van der Waals surface area contributed by atoms with Crippen LogP contribution in [0.5, 0.6) is 0 Å². The van der Waals surface area contributed by atoms with Crippen LogP contribution in [-0.4, -0.2) is 15.9 Å². The Balaban J connectivity index is 1.72. The summed E-state index contributed by atoms with van der Waals surface area (Å²) >= 11 is 0. The van der Waals surface area contributed by atoms with Crippen molar-refractivity contribution in [3.05, 3.63) is 11.7 Å². The van der Waals surface area contributed by atoms with Crippen LogP contribution in [0.3, 0.4) is 0 Å². The van der Waals surface area contributed by atoms with E-state index < -0.39 is 0 Å². The highest BCUT2D eigenvalue weighted by atomic mass is 16.5. The van der Waals surface area contributed by atoms with Crippen molar-refractivity contribution >= 4 is 5.78 Å². The number of hydrogen-bond acceptors (Lipinski definition) is 4. The molecule has 1 aromatic rings. The third-order valence-corrected chi connectivity index (χ3v) is 3.48. The van der Waals surface area contributed by atoms with Gasteiger partial charge < -0.3 is 4.52 Å². The van der Waals surface area contributed by atoms with Gasteiger partial charge in [0, 0.05) is 24.7 Å². The van der Waals surface area contributed by atoms with Gasteiger partial charge in [-0.2, -0.15) is 4.98 Å². The lowest BCUT2D eigenvalue weighted by Crippen LogP contribution is -2.22. The fourth-order valence-electron chi connectivity index (χ4n) is 2.42. The van der Waals surface area contributed by atoms with Gasteiger partial charge in [0.2, 0.25) is 5.89 Å². The highest BCUT2D eigenvalue weighted by molar-refractivity contribution is 5.86. The van der Waals surface area contributed by atoms with Crippen molar-refractivity contribution in [2.24, 2.45) is 0 Å². The van der Waals surface area contributed by atoms with Crippen LogP contribution in [0.1, 0.15) is 62.1 Å². The number of ketones is 1. The van der Waals surface area contributed by atoms with Crippen molar-refractivity contribution in [1.82, 2.24) is 10.1 Å². The smallest absolute Gasteiger partial charge is 0.229 e. The van der Waals surface area contributed by atoms with Gasteiger partial charge in [-0.05, 0) is 12.8 Å². The van der Waals surface area contributed by atoms with E-state index in [0.717, 1.165) is 11.7 Å². The molecule has 3 rings (SSSR count). The molecule has 4 nitrogen and oxygen atoms in total. The molecule has 15 heavy (non-hydrogen) atoms. The first-order valence-electron chi connectivity index (χ1n) is 5.68. The van der Waals surface area contributed by atoms with Crippen LogP contribution in [-0.2, 0) is 4.79 Å². The molecule has 1 heterocycles. The van der Waals surface area contributed by atoms with Gasteiger partial charge in [0.15, 0.2) is 5.82 Å². The first-order valence-corrected chi connectivity index (χ1v) is 5.68. The van der Waals surface area contributed by atoms with Crippen LogP contribution < -0.4 is 0 Å². The molecule has 0 N–H and O–H groups in total. The van der Waals surface area contributed by atoms with Crippen LogP contribution in [0, 0.1) is 0 Å². The minimum absolute atomic E-state index is 0.233. The number of aromatic nitrogens is 2. The molecule has 2 aliphatic carbocycles. The highest BCUT2D eigenvalue weighted by Gasteiger charge is 2.33. The first kappa shape index (κ1) is 9.07. The Bertz CT molecular complexity index is 372.